The summed E-state index contributed by atoms with van der Waals surface area (Å²) in [5.74, 6) is 0.820. The molecule has 9 heteroatoms. The zero-order valence-corrected chi connectivity index (χ0v) is 18.8. The number of aliphatic imine (C=N–C) groups is 1. The highest BCUT2D eigenvalue weighted by Gasteiger charge is 2.32. The molecule has 0 saturated carbocycles. The number of nitrogens with one attached hydrogen (secondary N) is 1. The van der Waals surface area contributed by atoms with E-state index in [1.807, 2.05) is 0 Å². The second kappa shape index (κ2) is 9.70. The standard InChI is InChI=1S/C16H31N3O4S.HI/c1-16(2,3)24(20,21)11-7-18-15(17-4)19-8-10-23-14(12-19)13-6-5-9-22-13;/h13-14H,5-12H2,1-4H3,(H,17,18);1H. The minimum Gasteiger partial charge on any atom is -0.375 e. The second-order valence-corrected chi connectivity index (χ2v) is 10.2. The lowest BCUT2D eigenvalue weighted by Crippen LogP contribution is -2.54. The average molecular weight is 489 g/mol. The third-order valence-electron chi connectivity index (χ3n) is 4.57. The van der Waals surface area contributed by atoms with Gasteiger partial charge in [-0.3, -0.25) is 4.99 Å². The quantitative estimate of drug-likeness (QED) is 0.364. The van der Waals surface area contributed by atoms with Crippen molar-refractivity contribution in [3.8, 4) is 0 Å². The van der Waals surface area contributed by atoms with E-state index in [4.69, 9.17) is 9.47 Å². The number of morpholine rings is 1. The van der Waals surface area contributed by atoms with Crippen molar-refractivity contribution in [3.05, 3.63) is 0 Å². The van der Waals surface area contributed by atoms with Crippen LogP contribution in [0.5, 0.6) is 0 Å². The highest BCUT2D eigenvalue weighted by molar-refractivity contribution is 14.0. The Balaban J connectivity index is 0.00000312. The molecule has 25 heavy (non-hydrogen) atoms. The minimum atomic E-state index is -3.14. The van der Waals surface area contributed by atoms with Crippen molar-refractivity contribution in [1.29, 1.82) is 0 Å². The van der Waals surface area contributed by atoms with Crippen LogP contribution in [0.1, 0.15) is 33.6 Å². The fourth-order valence-corrected chi connectivity index (χ4v) is 3.91. The molecule has 2 heterocycles. The molecule has 0 aromatic rings. The van der Waals surface area contributed by atoms with Gasteiger partial charge in [-0.05, 0) is 33.6 Å². The van der Waals surface area contributed by atoms with Gasteiger partial charge in [0.15, 0.2) is 15.8 Å². The van der Waals surface area contributed by atoms with Crippen molar-refractivity contribution in [3.63, 3.8) is 0 Å². The smallest absolute Gasteiger partial charge is 0.193 e. The van der Waals surface area contributed by atoms with E-state index in [-0.39, 0.29) is 41.9 Å². The van der Waals surface area contributed by atoms with Gasteiger partial charge in [0.05, 0.1) is 23.2 Å². The first kappa shape index (κ1) is 22.9. The van der Waals surface area contributed by atoms with E-state index >= 15 is 0 Å². The molecular formula is C16H32IN3O4S. The molecule has 0 aromatic carbocycles. The highest BCUT2D eigenvalue weighted by Crippen LogP contribution is 2.21. The van der Waals surface area contributed by atoms with Gasteiger partial charge in [-0.1, -0.05) is 0 Å². The molecule has 1 N–H and O–H groups in total. The zero-order chi connectivity index (χ0) is 17.8. The second-order valence-electron chi connectivity index (χ2n) is 7.31. The van der Waals surface area contributed by atoms with E-state index in [2.05, 4.69) is 15.2 Å². The molecule has 2 aliphatic rings. The maximum atomic E-state index is 12.2. The van der Waals surface area contributed by atoms with Gasteiger partial charge < -0.3 is 19.7 Å². The lowest BCUT2D eigenvalue weighted by atomic mass is 10.1. The molecule has 7 nitrogen and oxygen atoms in total. The number of sulfone groups is 1. The van der Waals surface area contributed by atoms with Gasteiger partial charge in [-0.25, -0.2) is 8.42 Å². The van der Waals surface area contributed by atoms with Crippen LogP contribution in [0.25, 0.3) is 0 Å². The molecule has 2 fully saturated rings. The SMILES string of the molecule is CN=C(NCCS(=O)(=O)C(C)(C)C)N1CCOC(C2CCCO2)C1.I. The summed E-state index contributed by atoms with van der Waals surface area (Å²) < 4.78 is 35.2. The van der Waals surface area contributed by atoms with Crippen LogP contribution in [0, 0.1) is 0 Å². The van der Waals surface area contributed by atoms with Crippen LogP contribution >= 0.6 is 24.0 Å². The number of hydrogen-bond acceptors (Lipinski definition) is 5. The van der Waals surface area contributed by atoms with Crippen molar-refractivity contribution in [2.75, 3.05) is 45.6 Å². The van der Waals surface area contributed by atoms with Crippen molar-refractivity contribution >= 4 is 39.8 Å². The van der Waals surface area contributed by atoms with Gasteiger partial charge in [-0.15, -0.1) is 24.0 Å². The summed E-state index contributed by atoms with van der Waals surface area (Å²) in [6, 6.07) is 0. The van der Waals surface area contributed by atoms with Crippen LogP contribution in [0.15, 0.2) is 4.99 Å². The summed E-state index contributed by atoms with van der Waals surface area (Å²) in [5, 5.41) is 3.18. The first-order valence-corrected chi connectivity index (χ1v) is 10.3. The Morgan fingerprint density at radius 2 is 1.92 bits per heavy atom. The van der Waals surface area contributed by atoms with E-state index in [1.54, 1.807) is 27.8 Å². The summed E-state index contributed by atoms with van der Waals surface area (Å²) >= 11 is 0. The molecule has 0 spiro atoms. The molecule has 2 unspecified atom stereocenters. The molecule has 2 aliphatic heterocycles. The summed E-state index contributed by atoms with van der Waals surface area (Å²) in [7, 11) is -1.42. The summed E-state index contributed by atoms with van der Waals surface area (Å²) in [5.41, 5.74) is 0. The minimum absolute atomic E-state index is 0. The Kier molecular flexibility index (Phi) is 8.89. The van der Waals surface area contributed by atoms with Gasteiger partial charge in [0.25, 0.3) is 0 Å². The summed E-state index contributed by atoms with van der Waals surface area (Å²) in [6.45, 7) is 8.44. The Morgan fingerprint density at radius 3 is 2.48 bits per heavy atom. The van der Waals surface area contributed by atoms with Gasteiger partial charge in [-0.2, -0.15) is 0 Å². The normalized spacial score (nSPS) is 25.6. The van der Waals surface area contributed by atoms with E-state index in [0.29, 0.717) is 13.2 Å². The zero-order valence-electron chi connectivity index (χ0n) is 15.7. The molecule has 0 amide bonds. The lowest BCUT2D eigenvalue weighted by molar-refractivity contribution is -0.0816. The molecule has 2 saturated heterocycles. The van der Waals surface area contributed by atoms with Crippen molar-refractivity contribution < 1.29 is 17.9 Å². The van der Waals surface area contributed by atoms with Crippen LogP contribution in [0.3, 0.4) is 0 Å². The first-order chi connectivity index (χ1) is 11.2. The maximum absolute atomic E-state index is 12.2. The Labute approximate surface area is 168 Å². The van der Waals surface area contributed by atoms with Crippen LogP contribution in [-0.4, -0.2) is 81.9 Å². The summed E-state index contributed by atoms with van der Waals surface area (Å²) in [4.78, 5) is 6.42. The molecule has 2 rings (SSSR count). The van der Waals surface area contributed by atoms with Crippen LogP contribution < -0.4 is 5.32 Å². The van der Waals surface area contributed by atoms with Gasteiger partial charge >= 0.3 is 0 Å². The first-order valence-electron chi connectivity index (χ1n) is 8.66. The largest absolute Gasteiger partial charge is 0.375 e. The Bertz CT molecular complexity index is 542. The monoisotopic (exact) mass is 489 g/mol. The molecule has 0 bridgehead atoms. The van der Waals surface area contributed by atoms with Crippen LogP contribution in [0.4, 0.5) is 0 Å². The number of nitrogens with zero attached hydrogens (tertiary/aromatic N) is 2. The Hall–Kier alpha value is -0.130. The molecule has 0 aliphatic carbocycles. The molecule has 2 atom stereocenters. The predicted octanol–water partition coefficient (Wildman–Crippen LogP) is 1.27. The highest BCUT2D eigenvalue weighted by atomic mass is 127. The fraction of sp³-hybridized carbons (Fsp3) is 0.938. The average Bonchev–Trinajstić information content (AvgIpc) is 3.05. The molecule has 148 valence electrons. The third-order valence-corrected chi connectivity index (χ3v) is 7.18. The number of halogens is 1. The predicted molar refractivity (Wildman–Crippen MR) is 111 cm³/mol. The van der Waals surface area contributed by atoms with Crippen molar-refractivity contribution in [2.45, 2.75) is 50.6 Å². The third kappa shape index (κ3) is 6.21. The molecule has 0 radical (unpaired) electrons. The number of guanidine groups is 1. The summed E-state index contributed by atoms with van der Waals surface area (Å²) in [6.07, 6.45) is 2.33. The van der Waals surface area contributed by atoms with Crippen LogP contribution in [-0.2, 0) is 19.3 Å². The maximum Gasteiger partial charge on any atom is 0.193 e. The van der Waals surface area contributed by atoms with Gasteiger partial charge in [0.1, 0.15) is 6.10 Å². The lowest BCUT2D eigenvalue weighted by Gasteiger charge is -2.37. The van der Waals surface area contributed by atoms with Gasteiger partial charge in [0, 0.05) is 33.3 Å². The fourth-order valence-electron chi connectivity index (χ4n) is 2.92. The van der Waals surface area contributed by atoms with Crippen LogP contribution in [0.2, 0.25) is 0 Å². The molecular weight excluding hydrogens is 457 g/mol. The van der Waals surface area contributed by atoms with E-state index < -0.39 is 14.6 Å². The van der Waals surface area contributed by atoms with E-state index in [1.165, 1.54) is 0 Å². The molecule has 0 aromatic heterocycles. The van der Waals surface area contributed by atoms with Crippen molar-refractivity contribution in [1.82, 2.24) is 10.2 Å². The number of ether oxygens (including phenoxy) is 2. The number of hydrogen-bond donors (Lipinski definition) is 1. The topological polar surface area (TPSA) is 80.2 Å². The Morgan fingerprint density at radius 1 is 1.24 bits per heavy atom. The number of rotatable bonds is 4. The van der Waals surface area contributed by atoms with E-state index in [9.17, 15) is 8.42 Å². The van der Waals surface area contributed by atoms with Crippen molar-refractivity contribution in [2.24, 2.45) is 4.99 Å². The van der Waals surface area contributed by atoms with E-state index in [0.717, 1.165) is 38.5 Å². The van der Waals surface area contributed by atoms with Gasteiger partial charge in [0.2, 0.25) is 0 Å².